The van der Waals surface area contributed by atoms with Crippen LogP contribution in [-0.4, -0.2) is 34.4 Å². The van der Waals surface area contributed by atoms with Crippen molar-refractivity contribution >= 4 is 26.8 Å². The van der Waals surface area contributed by atoms with Crippen LogP contribution in [0.15, 0.2) is 30.3 Å². The van der Waals surface area contributed by atoms with Gasteiger partial charge in [-0.25, -0.2) is 0 Å². The molecule has 0 atom stereocenters. The Morgan fingerprint density at radius 2 is 1.83 bits per heavy atom. The molecule has 4 heteroatoms. The fourth-order valence-electron chi connectivity index (χ4n) is 0.810. The monoisotopic (exact) mass is 290 g/mol. The zero-order valence-electron chi connectivity index (χ0n) is 6.82. The Hall–Kier alpha value is -0.0313. The summed E-state index contributed by atoms with van der Waals surface area (Å²) in [6.45, 7) is 0. The molecule has 0 saturated carbocycles. The molecular weight excluding hydrogens is 279 g/mol. The molecular formula is C8H10O2SSn. The molecule has 0 aliphatic rings. The van der Waals surface area contributed by atoms with Gasteiger partial charge in [-0.1, -0.05) is 0 Å². The predicted molar refractivity (Wildman–Crippen MR) is 50.7 cm³/mol. The molecule has 0 aromatic heterocycles. The van der Waals surface area contributed by atoms with Crippen molar-refractivity contribution < 1.29 is 8.42 Å². The van der Waals surface area contributed by atoms with E-state index in [1.54, 1.807) is 0 Å². The minimum atomic E-state index is -2.65. The van der Waals surface area contributed by atoms with E-state index < -0.39 is 26.8 Å². The summed E-state index contributed by atoms with van der Waals surface area (Å²) in [6.07, 6.45) is 1.34. The second-order valence-electron chi connectivity index (χ2n) is 2.58. The average Bonchev–Trinajstić information content (AvgIpc) is 2.02. The van der Waals surface area contributed by atoms with Crippen molar-refractivity contribution in [3.8, 4) is 0 Å². The van der Waals surface area contributed by atoms with Crippen LogP contribution in [0.5, 0.6) is 0 Å². The normalized spacial score (nSPS) is 11.4. The van der Waals surface area contributed by atoms with Crippen LogP contribution < -0.4 is 0 Å². The van der Waals surface area contributed by atoms with Crippen LogP contribution >= 0.6 is 0 Å². The summed E-state index contributed by atoms with van der Waals surface area (Å²) in [6, 6.07) is 9.78. The van der Waals surface area contributed by atoms with E-state index in [0.717, 1.165) is 10.0 Å². The molecule has 0 aliphatic heterocycles. The number of rotatable bonds is 3. The summed E-state index contributed by atoms with van der Waals surface area (Å²) in [5.41, 5.74) is 1.15. The second-order valence-corrected chi connectivity index (χ2v) is 14.2. The maximum absolute atomic E-state index is 10.9. The molecule has 0 fully saturated rings. The summed E-state index contributed by atoms with van der Waals surface area (Å²) >= 11 is -1.25. The van der Waals surface area contributed by atoms with Crippen LogP contribution in [0.2, 0.25) is 0 Å². The van der Waals surface area contributed by atoms with Crippen LogP contribution in [-0.2, 0) is 11.5 Å². The predicted octanol–water partition coefficient (Wildman–Crippen LogP) is 0.850. The number of hydrogen-bond acceptors (Lipinski definition) is 2. The van der Waals surface area contributed by atoms with Crippen molar-refractivity contribution in [2.75, 3.05) is 6.26 Å². The van der Waals surface area contributed by atoms with E-state index in [1.807, 2.05) is 30.3 Å². The van der Waals surface area contributed by atoms with Crippen molar-refractivity contribution in [1.29, 1.82) is 0 Å². The Morgan fingerprint density at radius 1 is 1.25 bits per heavy atom. The molecule has 0 N–H and O–H groups in total. The van der Waals surface area contributed by atoms with Crippen molar-refractivity contribution in [2.24, 2.45) is 0 Å². The Labute approximate surface area is 81.6 Å². The third kappa shape index (κ3) is 4.11. The fraction of sp³-hybridized carbons (Fsp3) is 0.250. The van der Waals surface area contributed by atoms with Crippen LogP contribution in [0.4, 0.5) is 0 Å². The van der Waals surface area contributed by atoms with E-state index in [0.29, 0.717) is 0 Å². The Morgan fingerprint density at radius 3 is 2.33 bits per heavy atom. The van der Waals surface area contributed by atoms with Crippen LogP contribution in [0.1, 0.15) is 5.56 Å². The zero-order chi connectivity index (χ0) is 9.03. The summed E-state index contributed by atoms with van der Waals surface area (Å²) in [7, 11) is -2.65. The van der Waals surface area contributed by atoms with E-state index in [1.165, 1.54) is 6.26 Å². The first-order valence-corrected chi connectivity index (χ1v) is 11.0. The topological polar surface area (TPSA) is 34.1 Å². The van der Waals surface area contributed by atoms with Gasteiger partial charge in [0.2, 0.25) is 0 Å². The van der Waals surface area contributed by atoms with Crippen molar-refractivity contribution in [1.82, 2.24) is 0 Å². The van der Waals surface area contributed by atoms with Gasteiger partial charge in [0.15, 0.2) is 0 Å². The molecule has 2 radical (unpaired) electrons. The van der Waals surface area contributed by atoms with E-state index in [2.05, 4.69) is 0 Å². The molecule has 0 unspecified atom stereocenters. The molecule has 0 aliphatic carbocycles. The van der Waals surface area contributed by atoms with E-state index >= 15 is 0 Å². The van der Waals surface area contributed by atoms with Gasteiger partial charge >= 0.3 is 81.8 Å². The van der Waals surface area contributed by atoms with Crippen molar-refractivity contribution in [3.05, 3.63) is 35.9 Å². The Bertz CT molecular complexity index is 331. The Balaban J connectivity index is 2.56. The molecule has 64 valence electrons. The molecule has 2 nitrogen and oxygen atoms in total. The zero-order valence-corrected chi connectivity index (χ0v) is 10.5. The van der Waals surface area contributed by atoms with Crippen LogP contribution in [0, 0.1) is 0 Å². The summed E-state index contributed by atoms with van der Waals surface area (Å²) < 4.78 is 22.5. The summed E-state index contributed by atoms with van der Waals surface area (Å²) in [5.74, 6) is 0. The van der Waals surface area contributed by atoms with Gasteiger partial charge < -0.3 is 0 Å². The molecule has 0 amide bonds. The maximum atomic E-state index is 10.9. The van der Waals surface area contributed by atoms with Gasteiger partial charge in [0, 0.05) is 0 Å². The fourth-order valence-corrected chi connectivity index (χ4v) is 5.58. The third-order valence-corrected chi connectivity index (χ3v) is 8.94. The van der Waals surface area contributed by atoms with Gasteiger partial charge in [0.05, 0.1) is 0 Å². The molecule has 0 heterocycles. The summed E-state index contributed by atoms with van der Waals surface area (Å²) in [4.78, 5) is 0. The van der Waals surface area contributed by atoms with E-state index in [-0.39, 0.29) is 0 Å². The Kier molecular flexibility index (Phi) is 3.58. The van der Waals surface area contributed by atoms with Gasteiger partial charge in [0.1, 0.15) is 0 Å². The number of benzene rings is 1. The number of hydrogen-bond donors (Lipinski definition) is 0. The van der Waals surface area contributed by atoms with Crippen LogP contribution in [0.25, 0.3) is 0 Å². The second kappa shape index (κ2) is 4.27. The van der Waals surface area contributed by atoms with Gasteiger partial charge in [-0.2, -0.15) is 0 Å². The molecule has 1 rings (SSSR count). The first kappa shape index (κ1) is 10.1. The van der Waals surface area contributed by atoms with Crippen molar-refractivity contribution in [2.45, 2.75) is 4.44 Å². The van der Waals surface area contributed by atoms with E-state index in [4.69, 9.17) is 0 Å². The van der Waals surface area contributed by atoms with Gasteiger partial charge in [0.25, 0.3) is 0 Å². The molecule has 1 aromatic carbocycles. The van der Waals surface area contributed by atoms with E-state index in [9.17, 15) is 8.42 Å². The molecule has 1 aromatic rings. The van der Waals surface area contributed by atoms with Gasteiger partial charge in [-0.15, -0.1) is 0 Å². The molecule has 0 spiro atoms. The first-order chi connectivity index (χ1) is 5.58. The molecule has 12 heavy (non-hydrogen) atoms. The van der Waals surface area contributed by atoms with Crippen LogP contribution in [0.3, 0.4) is 0 Å². The van der Waals surface area contributed by atoms with Gasteiger partial charge in [-0.3, -0.25) is 0 Å². The molecule has 0 bridgehead atoms. The standard InChI is InChI=1S/C7H7.CH3O2S.Sn/c1-7-5-3-2-4-6-7;1-4(2)3;/h2-6H,1H2;1H3;. The third-order valence-electron chi connectivity index (χ3n) is 1.38. The average molecular weight is 289 g/mol. The van der Waals surface area contributed by atoms with Gasteiger partial charge in [-0.05, 0) is 0 Å². The summed E-state index contributed by atoms with van der Waals surface area (Å²) in [5, 5.41) is 0. The molecule has 0 saturated heterocycles. The quantitative estimate of drug-likeness (QED) is 0.773. The minimum absolute atomic E-state index is 0.781. The SMILES string of the molecule is C[S](=O)(=O)[Sn][CH2]c1ccccc1. The van der Waals surface area contributed by atoms with Crippen molar-refractivity contribution in [3.63, 3.8) is 0 Å². The first-order valence-electron chi connectivity index (χ1n) is 3.56.